The first-order valence-electron chi connectivity index (χ1n) is 14.4. The number of aliphatic hydroxyl groups excluding tert-OH is 2. The van der Waals surface area contributed by atoms with Crippen LogP contribution >= 0.6 is 0 Å². The molecule has 256 valence electrons. The lowest BCUT2D eigenvalue weighted by Gasteiger charge is -2.50. The summed E-state index contributed by atoms with van der Waals surface area (Å²) in [4.78, 5) is 55.7. The summed E-state index contributed by atoms with van der Waals surface area (Å²) < 4.78 is 41.2. The van der Waals surface area contributed by atoms with Gasteiger partial charge in [0.05, 0.1) is 17.3 Å². The minimum absolute atomic E-state index is 0.0223. The molecule has 3 amide bonds. The summed E-state index contributed by atoms with van der Waals surface area (Å²) in [6.07, 6.45) is -4.99. The van der Waals surface area contributed by atoms with Crippen LogP contribution in [0.2, 0.25) is 0 Å². The van der Waals surface area contributed by atoms with Crippen molar-refractivity contribution in [3.63, 3.8) is 0 Å². The zero-order valence-corrected chi connectivity index (χ0v) is 26.0. The number of amides is 3. The number of fused-ring (bicyclic) bond motifs is 3. The highest BCUT2D eigenvalue weighted by atomic mass is 19.4. The molecule has 14 nitrogen and oxygen atoms in total. The van der Waals surface area contributed by atoms with E-state index in [4.69, 9.17) is 5.73 Å². The monoisotopic (exact) mass is 675 g/mol. The van der Waals surface area contributed by atoms with Crippen molar-refractivity contribution < 1.29 is 57.5 Å². The molecule has 17 heteroatoms. The summed E-state index contributed by atoms with van der Waals surface area (Å²) >= 11 is 0. The molecule has 2 aromatic rings. The smallest absolute Gasteiger partial charge is 0.510 e. The zero-order valence-electron chi connectivity index (χ0n) is 26.0. The number of nitrogens with two attached hydrogens (primary N) is 1. The number of rotatable bonds is 6. The minimum atomic E-state index is -4.91. The molecule has 48 heavy (non-hydrogen) atoms. The van der Waals surface area contributed by atoms with Crippen LogP contribution < -0.4 is 26.0 Å². The fraction of sp³-hybridized carbons (Fsp3) is 0.355. The Balaban J connectivity index is 1.54. The van der Waals surface area contributed by atoms with Crippen LogP contribution in [0.15, 0.2) is 53.0 Å². The maximum Gasteiger partial charge on any atom is 0.573 e. The number of halogens is 3. The predicted molar refractivity (Wildman–Crippen MR) is 164 cm³/mol. The first-order chi connectivity index (χ1) is 22.3. The molecule has 0 heterocycles. The van der Waals surface area contributed by atoms with Gasteiger partial charge in [0.25, 0.3) is 5.91 Å². The van der Waals surface area contributed by atoms with E-state index >= 15 is 0 Å². The molecule has 0 spiro atoms. The average Bonchev–Trinajstić information content (AvgIpc) is 2.96. The number of aromatic hydroxyl groups is 1. The number of ether oxygens (including phenoxy) is 1. The van der Waals surface area contributed by atoms with Crippen molar-refractivity contribution >= 4 is 40.6 Å². The van der Waals surface area contributed by atoms with Gasteiger partial charge >= 0.3 is 12.4 Å². The molecule has 0 unspecified atom stereocenters. The van der Waals surface area contributed by atoms with Gasteiger partial charge in [-0.15, -0.1) is 13.2 Å². The number of ketones is 2. The van der Waals surface area contributed by atoms with E-state index in [1.165, 1.54) is 25.1 Å². The van der Waals surface area contributed by atoms with Gasteiger partial charge in [-0.3, -0.25) is 19.3 Å². The van der Waals surface area contributed by atoms with E-state index in [0.29, 0.717) is 11.3 Å². The van der Waals surface area contributed by atoms with E-state index in [0.717, 1.165) is 24.3 Å². The normalized spacial score (nSPS) is 23.7. The number of urea groups is 1. The summed E-state index contributed by atoms with van der Waals surface area (Å²) in [7, 11) is 6.34. The molecule has 0 aromatic heterocycles. The van der Waals surface area contributed by atoms with Gasteiger partial charge in [-0.05, 0) is 68.8 Å². The molecule has 3 aliphatic carbocycles. The third-order valence-corrected chi connectivity index (χ3v) is 8.77. The van der Waals surface area contributed by atoms with Gasteiger partial charge in [0.15, 0.2) is 17.1 Å². The number of alkyl halides is 3. The second kappa shape index (κ2) is 11.7. The first kappa shape index (κ1) is 34.1. The Bertz CT molecular complexity index is 1800. The number of phenolic OH excluding ortho intramolecular Hbond substituents is 1. The highest BCUT2D eigenvalue weighted by Gasteiger charge is 2.63. The molecular formula is C31H32F3N5O9. The lowest BCUT2D eigenvalue weighted by Crippen LogP contribution is -2.63. The van der Waals surface area contributed by atoms with E-state index in [1.807, 2.05) is 0 Å². The molecule has 0 radical (unpaired) electrons. The van der Waals surface area contributed by atoms with Crippen molar-refractivity contribution in [3.8, 4) is 11.5 Å². The number of anilines is 3. The van der Waals surface area contributed by atoms with Crippen LogP contribution in [0.4, 0.5) is 35.0 Å². The largest absolute Gasteiger partial charge is 0.573 e. The first-order valence-corrected chi connectivity index (χ1v) is 14.4. The molecule has 2 aromatic carbocycles. The maximum atomic E-state index is 14.1. The zero-order chi connectivity index (χ0) is 35.6. The summed E-state index contributed by atoms with van der Waals surface area (Å²) in [5.74, 6) is -8.61. The Kier molecular flexibility index (Phi) is 8.33. The number of primary amides is 1. The topological polar surface area (TPSA) is 215 Å². The minimum Gasteiger partial charge on any atom is -0.510 e. The fourth-order valence-corrected chi connectivity index (χ4v) is 6.82. The number of nitrogens with zero attached hydrogens (tertiary/aromatic N) is 2. The molecule has 8 N–H and O–H groups in total. The lowest BCUT2D eigenvalue weighted by atomic mass is 9.58. The SMILES string of the molecule is CN(C)c1cc(NC(=O)Nc2ccc(OC(F)(F)F)cc2)c(O)c2c1C[C@@H]1C[C@@H]3[C@@H](N(C)C)C(O)=C(C(N)=O)C(=O)[C@]3(O)C(O)=C1C2=O. The second-order valence-electron chi connectivity index (χ2n) is 12.2. The molecule has 0 aliphatic heterocycles. The average molecular weight is 676 g/mol. The number of nitrogens with one attached hydrogen (secondary N) is 2. The third kappa shape index (κ3) is 5.53. The van der Waals surface area contributed by atoms with Gasteiger partial charge in [-0.25, -0.2) is 4.79 Å². The number of aliphatic hydroxyl groups is 3. The van der Waals surface area contributed by atoms with Gasteiger partial charge in [0, 0.05) is 37.0 Å². The van der Waals surface area contributed by atoms with Crippen molar-refractivity contribution in [2.24, 2.45) is 17.6 Å². The Morgan fingerprint density at radius 3 is 2.21 bits per heavy atom. The Morgan fingerprint density at radius 1 is 1.04 bits per heavy atom. The molecule has 0 fully saturated rings. The molecule has 3 aliphatic rings. The van der Waals surface area contributed by atoms with Crippen molar-refractivity contribution in [2.45, 2.75) is 30.8 Å². The molecule has 0 saturated heterocycles. The highest BCUT2D eigenvalue weighted by Crippen LogP contribution is 2.54. The highest BCUT2D eigenvalue weighted by molar-refractivity contribution is 6.25. The quantitative estimate of drug-likeness (QED) is 0.175. The number of likely N-dealkylation sites (N-methyl/N-ethyl adjacent to an activating group) is 1. The fourth-order valence-electron chi connectivity index (χ4n) is 6.82. The molecule has 5 rings (SSSR count). The molecule has 0 saturated carbocycles. The van der Waals surface area contributed by atoms with Crippen LogP contribution in [0.3, 0.4) is 0 Å². The molecule has 0 bridgehead atoms. The number of allylic oxidation sites excluding steroid dienone is 1. The number of hydrogen-bond donors (Lipinski definition) is 7. The molecular weight excluding hydrogens is 643 g/mol. The van der Waals surface area contributed by atoms with Gasteiger partial charge in [0.1, 0.15) is 22.8 Å². The van der Waals surface area contributed by atoms with Gasteiger partial charge in [0.2, 0.25) is 5.78 Å². The van der Waals surface area contributed by atoms with Crippen molar-refractivity contribution in [1.29, 1.82) is 0 Å². The number of carbonyl (C=O) groups excluding carboxylic acids is 4. The number of carbonyl (C=O) groups is 4. The number of Topliss-reactive ketones (excluding diaryl/α,β-unsaturated/α-hetero) is 2. The predicted octanol–water partition coefficient (Wildman–Crippen LogP) is 2.73. The van der Waals surface area contributed by atoms with E-state index in [-0.39, 0.29) is 35.4 Å². The van der Waals surface area contributed by atoms with Crippen LogP contribution in [-0.2, 0) is 16.0 Å². The number of benzene rings is 2. The number of phenols is 1. The lowest BCUT2D eigenvalue weighted by molar-refractivity contribution is -0.274. The summed E-state index contributed by atoms with van der Waals surface area (Å²) in [6.45, 7) is 0. The van der Waals surface area contributed by atoms with Gasteiger partial charge in [-0.1, -0.05) is 0 Å². The third-order valence-electron chi connectivity index (χ3n) is 8.77. The van der Waals surface area contributed by atoms with E-state index in [1.54, 1.807) is 19.0 Å². The standard InChI is InChI=1S/C31H32F3N5O9/c1-38(2)18-11-17(37-29(46)36-13-5-7-14(8-6-13)48-31(32,33)34)23(40)20-15(18)9-12-10-16-22(39(3)4)25(42)21(28(35)45)27(44)30(16,47)26(43)19(12)24(20)41/h5-8,11-12,16,22,40,42-43,47H,9-10H2,1-4H3,(H2,35,45)(H2,36,37,46)/t12-,16-,22-,30-/m1/s1. The second-order valence-corrected chi connectivity index (χ2v) is 12.2. The van der Waals surface area contributed by atoms with Gasteiger partial charge in [-0.2, -0.15) is 0 Å². The summed E-state index contributed by atoms with van der Waals surface area (Å²) in [5, 5.41) is 50.3. The Morgan fingerprint density at radius 2 is 1.67 bits per heavy atom. The van der Waals surface area contributed by atoms with E-state index in [9.17, 15) is 52.8 Å². The number of hydrogen-bond acceptors (Lipinski definition) is 11. The van der Waals surface area contributed by atoms with Gasteiger partial charge < -0.3 is 46.4 Å². The summed E-state index contributed by atoms with van der Waals surface area (Å²) in [6, 6.07) is 3.55. The van der Waals surface area contributed by atoms with Crippen molar-refractivity contribution in [1.82, 2.24) is 4.90 Å². The van der Waals surface area contributed by atoms with Crippen molar-refractivity contribution in [3.05, 3.63) is 64.1 Å². The van der Waals surface area contributed by atoms with Crippen LogP contribution in [0, 0.1) is 11.8 Å². The van der Waals surface area contributed by atoms with Crippen LogP contribution in [-0.4, -0.2) is 95.0 Å². The van der Waals surface area contributed by atoms with Crippen LogP contribution in [0.5, 0.6) is 11.5 Å². The Hall–Kier alpha value is -5.29. The van der Waals surface area contributed by atoms with Crippen LogP contribution in [0.25, 0.3) is 0 Å². The van der Waals surface area contributed by atoms with E-state index in [2.05, 4.69) is 15.4 Å². The molecule has 4 atom stereocenters. The van der Waals surface area contributed by atoms with Crippen LogP contribution in [0.1, 0.15) is 22.3 Å². The maximum absolute atomic E-state index is 14.1. The Labute approximate surface area is 270 Å². The van der Waals surface area contributed by atoms with Crippen molar-refractivity contribution in [2.75, 3.05) is 43.7 Å². The van der Waals surface area contributed by atoms with E-state index < -0.39 is 81.9 Å². The summed E-state index contributed by atoms with van der Waals surface area (Å²) in [5.41, 5.74) is 1.45.